The van der Waals surface area contributed by atoms with Crippen LogP contribution in [0.2, 0.25) is 0 Å². The molecule has 1 heterocycles. The molecule has 12 heavy (non-hydrogen) atoms. The van der Waals surface area contributed by atoms with Gasteiger partial charge in [-0.15, -0.1) is 0 Å². The average molecular weight is 173 g/mol. The van der Waals surface area contributed by atoms with Crippen molar-refractivity contribution < 1.29 is 14.7 Å². The smallest absolute Gasteiger partial charge is 0.320 e. The van der Waals surface area contributed by atoms with Gasteiger partial charge in [-0.3, -0.25) is 4.79 Å². The molecule has 0 saturated carbocycles. The Kier molecular flexibility index (Phi) is 5.28. The quantitative estimate of drug-likeness (QED) is 0.603. The van der Waals surface area contributed by atoms with Crippen molar-refractivity contribution in [1.29, 1.82) is 0 Å². The molecule has 0 amide bonds. The number of carboxylic acids is 1. The first-order chi connectivity index (χ1) is 5.54. The van der Waals surface area contributed by atoms with Crippen LogP contribution in [0.15, 0.2) is 0 Å². The maximum atomic E-state index is 10.1. The summed E-state index contributed by atoms with van der Waals surface area (Å²) in [5, 5.41) is 11.2. The zero-order valence-corrected chi connectivity index (χ0v) is 7.46. The second-order valence-corrected chi connectivity index (χ2v) is 2.90. The highest BCUT2D eigenvalue weighted by molar-refractivity contribution is 5.73. The van der Waals surface area contributed by atoms with Gasteiger partial charge in [-0.1, -0.05) is 0 Å². The van der Waals surface area contributed by atoms with E-state index in [-0.39, 0.29) is 11.8 Å². The van der Waals surface area contributed by atoms with Crippen molar-refractivity contribution >= 4 is 11.8 Å². The van der Waals surface area contributed by atoms with Crippen LogP contribution in [0.4, 0.5) is 0 Å². The van der Waals surface area contributed by atoms with Gasteiger partial charge in [0.05, 0.1) is 0 Å². The van der Waals surface area contributed by atoms with Crippen molar-refractivity contribution in [3.05, 3.63) is 0 Å². The van der Waals surface area contributed by atoms with Crippen LogP contribution < -0.4 is 5.32 Å². The first kappa shape index (κ1) is 11.1. The molecule has 0 aromatic rings. The van der Waals surface area contributed by atoms with Crippen molar-refractivity contribution in [3.63, 3.8) is 0 Å². The number of nitrogens with one attached hydrogen (secondary N) is 1. The highest BCUT2D eigenvalue weighted by Gasteiger charge is 2.20. The largest absolute Gasteiger partial charge is 0.480 e. The molecule has 1 fully saturated rings. The molecule has 4 heteroatoms. The summed E-state index contributed by atoms with van der Waals surface area (Å²) in [5.74, 6) is -0.553. The molecule has 0 aromatic heterocycles. The van der Waals surface area contributed by atoms with Crippen molar-refractivity contribution in [3.8, 4) is 0 Å². The zero-order chi connectivity index (χ0) is 9.56. The third kappa shape index (κ3) is 5.85. The van der Waals surface area contributed by atoms with Crippen LogP contribution in [-0.2, 0) is 9.59 Å². The van der Waals surface area contributed by atoms with Gasteiger partial charge in [-0.25, -0.2) is 0 Å². The molecule has 4 nitrogen and oxygen atoms in total. The Balaban J connectivity index is 0.000000261. The van der Waals surface area contributed by atoms with Crippen molar-refractivity contribution in [2.45, 2.75) is 32.7 Å². The van der Waals surface area contributed by atoms with E-state index in [1.54, 1.807) is 0 Å². The maximum Gasteiger partial charge on any atom is 0.320 e. The Morgan fingerprint density at radius 2 is 1.92 bits per heavy atom. The fraction of sp³-hybridized carbons (Fsp3) is 0.750. The number of carboxylic acid groups (broad SMARTS) is 1. The van der Waals surface area contributed by atoms with E-state index >= 15 is 0 Å². The lowest BCUT2D eigenvalue weighted by Crippen LogP contribution is -2.29. The van der Waals surface area contributed by atoms with Gasteiger partial charge < -0.3 is 15.2 Å². The molecule has 1 aliphatic heterocycles. The molecular weight excluding hydrogens is 158 g/mol. The van der Waals surface area contributed by atoms with Gasteiger partial charge in [0.2, 0.25) is 0 Å². The van der Waals surface area contributed by atoms with Crippen molar-refractivity contribution in [2.75, 3.05) is 6.54 Å². The second-order valence-electron chi connectivity index (χ2n) is 2.90. The minimum absolute atomic E-state index is 0.167. The molecule has 0 bridgehead atoms. The van der Waals surface area contributed by atoms with Gasteiger partial charge in [-0.05, 0) is 33.2 Å². The number of Topliss-reactive ketones (excluding diaryl/α,β-unsaturated/α-hetero) is 1. The standard InChI is InChI=1S/C5H9NO2.C3H6O/c7-5(8)4-2-1-3-6-4;1-3(2)4/h4,6H,1-3H2,(H,7,8);1-2H3. The summed E-state index contributed by atoms with van der Waals surface area (Å²) in [5.41, 5.74) is 0. The van der Waals surface area contributed by atoms with Crippen LogP contribution in [0.1, 0.15) is 26.7 Å². The van der Waals surface area contributed by atoms with Crippen LogP contribution in [0, 0.1) is 0 Å². The highest BCUT2D eigenvalue weighted by atomic mass is 16.4. The van der Waals surface area contributed by atoms with Crippen LogP contribution in [0.3, 0.4) is 0 Å². The lowest BCUT2D eigenvalue weighted by Gasteiger charge is -1.99. The summed E-state index contributed by atoms with van der Waals surface area (Å²) in [7, 11) is 0. The molecular formula is C8H15NO3. The predicted molar refractivity (Wildman–Crippen MR) is 45.0 cm³/mol. The molecule has 1 unspecified atom stereocenters. The van der Waals surface area contributed by atoms with Gasteiger partial charge in [0.25, 0.3) is 0 Å². The Morgan fingerprint density at radius 1 is 1.42 bits per heavy atom. The molecule has 2 N–H and O–H groups in total. The summed E-state index contributed by atoms with van der Waals surface area (Å²) in [6, 6.07) is -0.269. The Hall–Kier alpha value is -0.900. The molecule has 0 aliphatic carbocycles. The number of carbonyl (C=O) groups excluding carboxylic acids is 1. The topological polar surface area (TPSA) is 66.4 Å². The van der Waals surface area contributed by atoms with E-state index in [1.807, 2.05) is 0 Å². The predicted octanol–water partition coefficient (Wildman–Crippen LogP) is 0.418. The van der Waals surface area contributed by atoms with E-state index in [2.05, 4.69) is 5.32 Å². The fourth-order valence-electron chi connectivity index (χ4n) is 0.895. The normalized spacial score (nSPS) is 21.0. The van der Waals surface area contributed by atoms with Crippen molar-refractivity contribution in [2.24, 2.45) is 0 Å². The minimum Gasteiger partial charge on any atom is -0.480 e. The van der Waals surface area contributed by atoms with Gasteiger partial charge in [0.15, 0.2) is 0 Å². The fourth-order valence-corrected chi connectivity index (χ4v) is 0.895. The molecule has 1 atom stereocenters. The molecule has 1 rings (SSSR count). The molecule has 70 valence electrons. The minimum atomic E-state index is -0.720. The first-order valence-electron chi connectivity index (χ1n) is 3.97. The SMILES string of the molecule is CC(C)=O.O=C(O)C1CCCN1. The van der Waals surface area contributed by atoms with Crippen LogP contribution >= 0.6 is 0 Å². The van der Waals surface area contributed by atoms with E-state index in [9.17, 15) is 9.59 Å². The van der Waals surface area contributed by atoms with Gasteiger partial charge in [0, 0.05) is 0 Å². The monoisotopic (exact) mass is 173 g/mol. The summed E-state index contributed by atoms with van der Waals surface area (Å²) >= 11 is 0. The van der Waals surface area contributed by atoms with E-state index < -0.39 is 5.97 Å². The highest BCUT2D eigenvalue weighted by Crippen LogP contribution is 2.03. The van der Waals surface area contributed by atoms with E-state index in [0.29, 0.717) is 0 Å². The number of carbonyl (C=O) groups is 2. The summed E-state index contributed by atoms with van der Waals surface area (Å²) < 4.78 is 0. The Bertz CT molecular complexity index is 158. The van der Waals surface area contributed by atoms with Crippen LogP contribution in [0.5, 0.6) is 0 Å². The average Bonchev–Trinajstić information content (AvgIpc) is 2.34. The summed E-state index contributed by atoms with van der Waals surface area (Å²) in [6.45, 7) is 3.91. The number of aliphatic carboxylic acids is 1. The molecule has 1 saturated heterocycles. The third-order valence-electron chi connectivity index (χ3n) is 1.36. The lowest BCUT2D eigenvalue weighted by molar-refractivity contribution is -0.139. The maximum absolute atomic E-state index is 10.1. The van der Waals surface area contributed by atoms with Gasteiger partial charge in [-0.2, -0.15) is 0 Å². The molecule has 0 spiro atoms. The third-order valence-corrected chi connectivity index (χ3v) is 1.36. The second kappa shape index (κ2) is 5.71. The Morgan fingerprint density at radius 3 is 2.08 bits per heavy atom. The molecule has 0 radical (unpaired) electrons. The number of rotatable bonds is 1. The summed E-state index contributed by atoms with van der Waals surface area (Å²) in [4.78, 5) is 19.6. The number of hydrogen-bond acceptors (Lipinski definition) is 3. The van der Waals surface area contributed by atoms with Crippen molar-refractivity contribution in [1.82, 2.24) is 5.32 Å². The van der Waals surface area contributed by atoms with E-state index in [0.717, 1.165) is 19.4 Å². The number of hydrogen-bond donors (Lipinski definition) is 2. The first-order valence-corrected chi connectivity index (χ1v) is 3.97. The van der Waals surface area contributed by atoms with E-state index in [1.165, 1.54) is 13.8 Å². The van der Waals surface area contributed by atoms with Crippen LogP contribution in [0.25, 0.3) is 0 Å². The summed E-state index contributed by atoms with van der Waals surface area (Å²) in [6.07, 6.45) is 1.78. The zero-order valence-electron chi connectivity index (χ0n) is 7.46. The molecule has 1 aliphatic rings. The Labute approximate surface area is 72.0 Å². The lowest BCUT2D eigenvalue weighted by atomic mass is 10.2. The van der Waals surface area contributed by atoms with Crippen LogP contribution in [-0.4, -0.2) is 29.4 Å². The van der Waals surface area contributed by atoms with E-state index in [4.69, 9.17) is 5.11 Å². The van der Waals surface area contributed by atoms with Gasteiger partial charge in [0.1, 0.15) is 11.8 Å². The molecule has 0 aromatic carbocycles. The number of ketones is 1. The van der Waals surface area contributed by atoms with Gasteiger partial charge >= 0.3 is 5.97 Å².